The van der Waals surface area contributed by atoms with Gasteiger partial charge in [-0.3, -0.25) is 4.79 Å². The van der Waals surface area contributed by atoms with Crippen molar-refractivity contribution in [3.63, 3.8) is 0 Å². The van der Waals surface area contributed by atoms with Gasteiger partial charge in [0.2, 0.25) is 0 Å². The minimum absolute atomic E-state index is 0.718. The van der Waals surface area contributed by atoms with Gasteiger partial charge in [-0.1, -0.05) is 60.7 Å². The summed E-state index contributed by atoms with van der Waals surface area (Å²) >= 11 is 0. The molecule has 2 nitrogen and oxygen atoms in total. The molecule has 0 aromatic heterocycles. The SMILES string of the molecule is Cc1cc(C=O)ccc1N(Cc1ccccc1)Cc1ccccc1. The van der Waals surface area contributed by atoms with E-state index in [-0.39, 0.29) is 0 Å². The van der Waals surface area contributed by atoms with Gasteiger partial charge in [0.25, 0.3) is 0 Å². The van der Waals surface area contributed by atoms with Crippen LogP contribution in [0.4, 0.5) is 5.69 Å². The van der Waals surface area contributed by atoms with Crippen LogP contribution in [0.1, 0.15) is 27.0 Å². The molecule has 0 amide bonds. The number of aryl methyl sites for hydroxylation is 1. The number of rotatable bonds is 6. The van der Waals surface area contributed by atoms with Crippen LogP contribution in [0.25, 0.3) is 0 Å². The Morgan fingerprint density at radius 1 is 0.792 bits per heavy atom. The predicted octanol–water partition coefficient (Wildman–Crippen LogP) is 5.01. The topological polar surface area (TPSA) is 20.3 Å². The molecule has 0 atom stereocenters. The van der Waals surface area contributed by atoms with Crippen LogP contribution in [0, 0.1) is 6.92 Å². The highest BCUT2D eigenvalue weighted by Crippen LogP contribution is 2.25. The minimum atomic E-state index is 0.718. The summed E-state index contributed by atoms with van der Waals surface area (Å²) in [5.41, 5.74) is 5.54. The Kier molecular flexibility index (Phi) is 5.07. The zero-order chi connectivity index (χ0) is 16.8. The first-order valence-electron chi connectivity index (χ1n) is 8.15. The molecule has 0 saturated carbocycles. The zero-order valence-corrected chi connectivity index (χ0v) is 13.9. The Labute approximate surface area is 143 Å². The molecule has 0 aliphatic rings. The van der Waals surface area contributed by atoms with Gasteiger partial charge in [0.1, 0.15) is 6.29 Å². The number of anilines is 1. The molecular weight excluding hydrogens is 294 g/mol. The van der Waals surface area contributed by atoms with Crippen LogP contribution in [0.2, 0.25) is 0 Å². The van der Waals surface area contributed by atoms with E-state index in [1.165, 1.54) is 11.1 Å². The molecule has 0 aliphatic carbocycles. The van der Waals surface area contributed by atoms with Gasteiger partial charge in [-0.2, -0.15) is 0 Å². The fourth-order valence-corrected chi connectivity index (χ4v) is 2.94. The lowest BCUT2D eigenvalue weighted by Gasteiger charge is -2.27. The van der Waals surface area contributed by atoms with Crippen LogP contribution in [-0.2, 0) is 13.1 Å². The van der Waals surface area contributed by atoms with Gasteiger partial charge in [-0.25, -0.2) is 0 Å². The maximum absolute atomic E-state index is 11.0. The second kappa shape index (κ2) is 7.60. The molecule has 2 heteroatoms. The van der Waals surface area contributed by atoms with Crippen LogP contribution in [-0.4, -0.2) is 6.29 Å². The highest BCUT2D eigenvalue weighted by molar-refractivity contribution is 5.77. The van der Waals surface area contributed by atoms with E-state index in [0.717, 1.165) is 36.2 Å². The number of hydrogen-bond acceptors (Lipinski definition) is 2. The standard InChI is InChI=1S/C22H21NO/c1-18-14-21(17-24)12-13-22(18)23(15-19-8-4-2-5-9-19)16-20-10-6-3-7-11-20/h2-14,17H,15-16H2,1H3. The first kappa shape index (κ1) is 16.0. The van der Waals surface area contributed by atoms with Crippen molar-refractivity contribution in [1.29, 1.82) is 0 Å². The summed E-state index contributed by atoms with van der Waals surface area (Å²) in [6, 6.07) is 26.8. The number of nitrogens with zero attached hydrogens (tertiary/aromatic N) is 1. The maximum Gasteiger partial charge on any atom is 0.150 e. The number of benzene rings is 3. The summed E-state index contributed by atoms with van der Waals surface area (Å²) in [6.07, 6.45) is 0.898. The third-order valence-electron chi connectivity index (χ3n) is 4.13. The maximum atomic E-state index is 11.0. The Bertz CT molecular complexity index is 755. The van der Waals surface area contributed by atoms with Gasteiger partial charge in [0.15, 0.2) is 0 Å². The van der Waals surface area contributed by atoms with Crippen molar-refractivity contribution in [3.05, 3.63) is 101 Å². The molecule has 0 radical (unpaired) electrons. The lowest BCUT2D eigenvalue weighted by atomic mass is 10.1. The molecule has 3 rings (SSSR count). The fourth-order valence-electron chi connectivity index (χ4n) is 2.94. The number of carbonyl (C=O) groups excluding carboxylic acids is 1. The lowest BCUT2D eigenvalue weighted by Crippen LogP contribution is -2.23. The summed E-state index contributed by atoms with van der Waals surface area (Å²) in [5.74, 6) is 0. The molecule has 24 heavy (non-hydrogen) atoms. The van der Waals surface area contributed by atoms with Crippen molar-refractivity contribution in [2.75, 3.05) is 4.90 Å². The Morgan fingerprint density at radius 3 is 1.79 bits per heavy atom. The fraction of sp³-hybridized carbons (Fsp3) is 0.136. The second-order valence-electron chi connectivity index (χ2n) is 5.99. The monoisotopic (exact) mass is 315 g/mol. The van der Waals surface area contributed by atoms with E-state index in [4.69, 9.17) is 0 Å². The summed E-state index contributed by atoms with van der Waals surface area (Å²) in [4.78, 5) is 13.4. The number of hydrogen-bond donors (Lipinski definition) is 0. The van der Waals surface area contributed by atoms with Gasteiger partial charge < -0.3 is 4.90 Å². The van der Waals surface area contributed by atoms with Crippen molar-refractivity contribution < 1.29 is 4.79 Å². The largest absolute Gasteiger partial charge is 0.363 e. The molecule has 120 valence electrons. The van der Waals surface area contributed by atoms with E-state index in [0.29, 0.717) is 0 Å². The van der Waals surface area contributed by atoms with Crippen molar-refractivity contribution in [2.24, 2.45) is 0 Å². The molecule has 0 heterocycles. The van der Waals surface area contributed by atoms with Gasteiger partial charge in [-0.15, -0.1) is 0 Å². The van der Waals surface area contributed by atoms with E-state index in [1.807, 2.05) is 30.3 Å². The lowest BCUT2D eigenvalue weighted by molar-refractivity contribution is 0.112. The van der Waals surface area contributed by atoms with E-state index in [2.05, 4.69) is 60.4 Å². The molecule has 0 aliphatic heterocycles. The highest BCUT2D eigenvalue weighted by Gasteiger charge is 2.11. The second-order valence-corrected chi connectivity index (χ2v) is 5.99. The van der Waals surface area contributed by atoms with Crippen LogP contribution in [0.15, 0.2) is 78.9 Å². The molecule has 0 fully saturated rings. The van der Waals surface area contributed by atoms with E-state index < -0.39 is 0 Å². The number of carbonyl (C=O) groups is 1. The van der Waals surface area contributed by atoms with Crippen LogP contribution in [0.5, 0.6) is 0 Å². The molecule has 3 aromatic carbocycles. The van der Waals surface area contributed by atoms with Gasteiger partial charge in [0.05, 0.1) is 0 Å². The molecule has 0 bridgehead atoms. The minimum Gasteiger partial charge on any atom is -0.363 e. The average Bonchev–Trinajstić information content (AvgIpc) is 2.63. The number of aldehydes is 1. The van der Waals surface area contributed by atoms with Gasteiger partial charge in [-0.05, 0) is 41.8 Å². The van der Waals surface area contributed by atoms with Crippen LogP contribution < -0.4 is 4.90 Å². The predicted molar refractivity (Wildman–Crippen MR) is 99.3 cm³/mol. The average molecular weight is 315 g/mol. The van der Waals surface area contributed by atoms with Crippen molar-refractivity contribution in [2.45, 2.75) is 20.0 Å². The first-order chi connectivity index (χ1) is 11.8. The zero-order valence-electron chi connectivity index (χ0n) is 13.9. The van der Waals surface area contributed by atoms with Crippen LogP contribution >= 0.6 is 0 Å². The van der Waals surface area contributed by atoms with Gasteiger partial charge in [0, 0.05) is 24.3 Å². The smallest absolute Gasteiger partial charge is 0.150 e. The van der Waals surface area contributed by atoms with Crippen molar-refractivity contribution in [1.82, 2.24) is 0 Å². The molecule has 0 unspecified atom stereocenters. The molecule has 0 N–H and O–H groups in total. The van der Waals surface area contributed by atoms with E-state index >= 15 is 0 Å². The first-order valence-corrected chi connectivity index (χ1v) is 8.15. The third-order valence-corrected chi connectivity index (χ3v) is 4.13. The normalized spacial score (nSPS) is 10.4. The Hall–Kier alpha value is -2.87. The van der Waals surface area contributed by atoms with E-state index in [9.17, 15) is 4.79 Å². The summed E-state index contributed by atoms with van der Waals surface area (Å²) in [6.45, 7) is 3.72. The molecule has 0 saturated heterocycles. The summed E-state index contributed by atoms with van der Waals surface area (Å²) in [7, 11) is 0. The molecule has 3 aromatic rings. The summed E-state index contributed by atoms with van der Waals surface area (Å²) < 4.78 is 0. The highest BCUT2D eigenvalue weighted by atomic mass is 16.1. The molecular formula is C22H21NO. The van der Waals surface area contributed by atoms with Gasteiger partial charge >= 0.3 is 0 Å². The van der Waals surface area contributed by atoms with Crippen molar-refractivity contribution >= 4 is 12.0 Å². The van der Waals surface area contributed by atoms with Crippen molar-refractivity contribution in [3.8, 4) is 0 Å². The third kappa shape index (κ3) is 3.90. The van der Waals surface area contributed by atoms with E-state index in [1.54, 1.807) is 0 Å². The summed E-state index contributed by atoms with van der Waals surface area (Å²) in [5, 5.41) is 0. The quantitative estimate of drug-likeness (QED) is 0.596. The Morgan fingerprint density at radius 2 is 1.33 bits per heavy atom. The van der Waals surface area contributed by atoms with Crippen LogP contribution in [0.3, 0.4) is 0 Å². The molecule has 0 spiro atoms. The Balaban J connectivity index is 1.93.